The predicted molar refractivity (Wildman–Crippen MR) is 83.3 cm³/mol. The molecule has 0 saturated carbocycles. The number of halogens is 1. The average Bonchev–Trinajstić information content (AvgIpc) is 2.56. The van der Waals surface area contributed by atoms with Crippen molar-refractivity contribution in [2.75, 3.05) is 0 Å². The van der Waals surface area contributed by atoms with Gasteiger partial charge in [-0.2, -0.15) is 5.10 Å². The molecule has 0 atom stereocenters. The van der Waals surface area contributed by atoms with Gasteiger partial charge in [0.05, 0.1) is 0 Å². The van der Waals surface area contributed by atoms with Crippen LogP contribution in [-0.2, 0) is 6.61 Å². The second-order valence-electron chi connectivity index (χ2n) is 4.53. The highest BCUT2D eigenvalue weighted by Crippen LogP contribution is 2.22. The standard InChI is InChI=1S/C17H13ClN2O/c18-17-11-8-15(19-20-17)12-21-16-9-6-14(7-10-16)13-4-2-1-3-5-13/h1-11H,12H2. The van der Waals surface area contributed by atoms with Crippen LogP contribution in [0.3, 0.4) is 0 Å². The lowest BCUT2D eigenvalue weighted by Crippen LogP contribution is -1.99. The van der Waals surface area contributed by atoms with Gasteiger partial charge in [-0.05, 0) is 35.4 Å². The van der Waals surface area contributed by atoms with Crippen LogP contribution in [0.5, 0.6) is 5.75 Å². The first-order valence-electron chi connectivity index (χ1n) is 6.58. The molecule has 1 aromatic heterocycles. The van der Waals surface area contributed by atoms with Crippen LogP contribution in [0, 0.1) is 0 Å². The highest BCUT2D eigenvalue weighted by molar-refractivity contribution is 6.29. The van der Waals surface area contributed by atoms with E-state index in [0.717, 1.165) is 17.0 Å². The Balaban J connectivity index is 1.66. The van der Waals surface area contributed by atoms with Crippen LogP contribution < -0.4 is 4.74 Å². The molecule has 3 rings (SSSR count). The van der Waals surface area contributed by atoms with Crippen molar-refractivity contribution in [3.05, 3.63) is 77.6 Å². The molecule has 0 aliphatic carbocycles. The number of benzene rings is 2. The quantitative estimate of drug-likeness (QED) is 0.717. The zero-order valence-corrected chi connectivity index (χ0v) is 12.0. The van der Waals surface area contributed by atoms with Gasteiger partial charge in [-0.1, -0.05) is 54.1 Å². The van der Waals surface area contributed by atoms with Crippen LogP contribution in [0.15, 0.2) is 66.7 Å². The van der Waals surface area contributed by atoms with Gasteiger partial charge in [-0.15, -0.1) is 5.10 Å². The molecule has 0 saturated heterocycles. The third-order valence-electron chi connectivity index (χ3n) is 3.04. The van der Waals surface area contributed by atoms with E-state index in [2.05, 4.69) is 22.3 Å². The lowest BCUT2D eigenvalue weighted by molar-refractivity contribution is 0.300. The molecule has 3 aromatic rings. The predicted octanol–water partition coefficient (Wildman–Crippen LogP) is 4.38. The first kappa shape index (κ1) is 13.6. The fourth-order valence-corrected chi connectivity index (χ4v) is 2.05. The number of hydrogen-bond donors (Lipinski definition) is 0. The molecule has 0 unspecified atom stereocenters. The number of rotatable bonds is 4. The van der Waals surface area contributed by atoms with Crippen LogP contribution in [-0.4, -0.2) is 10.2 Å². The summed E-state index contributed by atoms with van der Waals surface area (Å²) in [5.41, 5.74) is 3.09. The summed E-state index contributed by atoms with van der Waals surface area (Å²) >= 11 is 5.69. The zero-order chi connectivity index (χ0) is 14.5. The first-order chi connectivity index (χ1) is 10.3. The Labute approximate surface area is 128 Å². The summed E-state index contributed by atoms with van der Waals surface area (Å²) < 4.78 is 5.68. The summed E-state index contributed by atoms with van der Waals surface area (Å²) in [6.45, 7) is 0.370. The molecule has 3 nitrogen and oxygen atoms in total. The minimum atomic E-state index is 0.370. The van der Waals surface area contributed by atoms with E-state index in [1.54, 1.807) is 12.1 Å². The fourth-order valence-electron chi connectivity index (χ4n) is 1.95. The minimum absolute atomic E-state index is 0.370. The van der Waals surface area contributed by atoms with Crippen molar-refractivity contribution in [3.8, 4) is 16.9 Å². The minimum Gasteiger partial charge on any atom is -0.487 e. The van der Waals surface area contributed by atoms with E-state index < -0.39 is 0 Å². The summed E-state index contributed by atoms with van der Waals surface area (Å²) in [5.74, 6) is 0.798. The van der Waals surface area contributed by atoms with Crippen molar-refractivity contribution < 1.29 is 4.74 Å². The molecule has 2 aromatic carbocycles. The van der Waals surface area contributed by atoms with Crippen LogP contribution in [0.25, 0.3) is 11.1 Å². The van der Waals surface area contributed by atoms with Gasteiger partial charge in [0.1, 0.15) is 18.1 Å². The van der Waals surface area contributed by atoms with Gasteiger partial charge in [0.25, 0.3) is 0 Å². The Bertz CT molecular complexity index is 697. The molecule has 0 aliphatic heterocycles. The Morgan fingerprint density at radius 2 is 1.48 bits per heavy atom. The Hall–Kier alpha value is -2.39. The molecule has 1 heterocycles. The molecular formula is C17H13ClN2O. The van der Waals surface area contributed by atoms with Crippen molar-refractivity contribution in [1.82, 2.24) is 10.2 Å². The monoisotopic (exact) mass is 296 g/mol. The van der Waals surface area contributed by atoms with E-state index in [-0.39, 0.29) is 0 Å². The molecule has 21 heavy (non-hydrogen) atoms. The smallest absolute Gasteiger partial charge is 0.151 e. The molecule has 0 radical (unpaired) electrons. The van der Waals surface area contributed by atoms with Crippen LogP contribution >= 0.6 is 11.6 Å². The van der Waals surface area contributed by atoms with Crippen LogP contribution in [0.4, 0.5) is 0 Å². The van der Waals surface area contributed by atoms with Crippen molar-refractivity contribution in [2.24, 2.45) is 0 Å². The molecule has 0 fully saturated rings. The highest BCUT2D eigenvalue weighted by Gasteiger charge is 2.00. The maximum Gasteiger partial charge on any atom is 0.151 e. The van der Waals surface area contributed by atoms with Gasteiger partial charge in [0, 0.05) is 0 Å². The van der Waals surface area contributed by atoms with E-state index in [0.29, 0.717) is 11.8 Å². The van der Waals surface area contributed by atoms with Gasteiger partial charge in [0.15, 0.2) is 5.15 Å². The maximum absolute atomic E-state index is 5.69. The summed E-state index contributed by atoms with van der Waals surface area (Å²) in [6, 6.07) is 21.7. The molecule has 4 heteroatoms. The largest absolute Gasteiger partial charge is 0.487 e. The number of nitrogens with zero attached hydrogens (tertiary/aromatic N) is 2. The van der Waals surface area contributed by atoms with E-state index in [1.165, 1.54) is 5.56 Å². The Kier molecular flexibility index (Phi) is 4.12. The summed E-state index contributed by atoms with van der Waals surface area (Å²) in [4.78, 5) is 0. The fraction of sp³-hybridized carbons (Fsp3) is 0.0588. The molecule has 104 valence electrons. The zero-order valence-electron chi connectivity index (χ0n) is 11.2. The Morgan fingerprint density at radius 3 is 2.14 bits per heavy atom. The lowest BCUT2D eigenvalue weighted by Gasteiger charge is -2.07. The highest BCUT2D eigenvalue weighted by atomic mass is 35.5. The second kappa shape index (κ2) is 6.37. The van der Waals surface area contributed by atoms with Crippen molar-refractivity contribution >= 4 is 11.6 Å². The molecule has 0 N–H and O–H groups in total. The van der Waals surface area contributed by atoms with E-state index in [4.69, 9.17) is 16.3 Å². The second-order valence-corrected chi connectivity index (χ2v) is 4.91. The summed E-state index contributed by atoms with van der Waals surface area (Å²) in [6.07, 6.45) is 0. The van der Waals surface area contributed by atoms with E-state index in [9.17, 15) is 0 Å². The molecular weight excluding hydrogens is 284 g/mol. The third-order valence-corrected chi connectivity index (χ3v) is 3.24. The van der Waals surface area contributed by atoms with Gasteiger partial charge < -0.3 is 4.74 Å². The summed E-state index contributed by atoms with van der Waals surface area (Å²) in [5, 5.41) is 8.11. The van der Waals surface area contributed by atoms with Gasteiger partial charge in [-0.25, -0.2) is 0 Å². The number of hydrogen-bond acceptors (Lipinski definition) is 3. The molecule has 0 spiro atoms. The topological polar surface area (TPSA) is 35.0 Å². The van der Waals surface area contributed by atoms with Crippen LogP contribution in [0.2, 0.25) is 5.15 Å². The van der Waals surface area contributed by atoms with Gasteiger partial charge in [0.2, 0.25) is 0 Å². The number of aromatic nitrogens is 2. The lowest BCUT2D eigenvalue weighted by atomic mass is 10.1. The normalized spacial score (nSPS) is 10.3. The number of ether oxygens (including phenoxy) is 1. The summed E-state index contributed by atoms with van der Waals surface area (Å²) in [7, 11) is 0. The van der Waals surface area contributed by atoms with Gasteiger partial charge in [-0.3, -0.25) is 0 Å². The van der Waals surface area contributed by atoms with E-state index >= 15 is 0 Å². The molecule has 0 bridgehead atoms. The van der Waals surface area contributed by atoms with Crippen molar-refractivity contribution in [1.29, 1.82) is 0 Å². The third kappa shape index (κ3) is 3.58. The van der Waals surface area contributed by atoms with Gasteiger partial charge >= 0.3 is 0 Å². The molecule has 0 amide bonds. The van der Waals surface area contributed by atoms with Crippen molar-refractivity contribution in [2.45, 2.75) is 6.61 Å². The SMILES string of the molecule is Clc1ccc(COc2ccc(-c3ccccc3)cc2)nn1. The maximum atomic E-state index is 5.69. The molecule has 0 aliphatic rings. The van der Waals surface area contributed by atoms with E-state index in [1.807, 2.05) is 42.5 Å². The first-order valence-corrected chi connectivity index (χ1v) is 6.95. The van der Waals surface area contributed by atoms with Crippen molar-refractivity contribution in [3.63, 3.8) is 0 Å². The Morgan fingerprint density at radius 1 is 0.762 bits per heavy atom. The average molecular weight is 297 g/mol. The van der Waals surface area contributed by atoms with Crippen LogP contribution in [0.1, 0.15) is 5.69 Å².